The Balaban J connectivity index is 0.000000158. The minimum atomic E-state index is 0.178. The summed E-state index contributed by atoms with van der Waals surface area (Å²) in [7, 11) is 0. The van der Waals surface area contributed by atoms with Crippen LogP contribution in [0.15, 0.2) is 134 Å². The second-order valence-corrected chi connectivity index (χ2v) is 11.5. The Morgan fingerprint density at radius 1 is 0.455 bits per heavy atom. The van der Waals surface area contributed by atoms with Crippen LogP contribution in [0.5, 0.6) is 0 Å². The molecule has 0 spiro atoms. The van der Waals surface area contributed by atoms with E-state index < -0.39 is 0 Å². The van der Waals surface area contributed by atoms with Crippen LogP contribution in [0.3, 0.4) is 0 Å². The summed E-state index contributed by atoms with van der Waals surface area (Å²) in [4.78, 5) is 15.5. The van der Waals surface area contributed by atoms with Gasteiger partial charge in [0, 0.05) is 12.1 Å². The molecule has 1 aliphatic carbocycles. The molecule has 6 aromatic rings. The Labute approximate surface area is 277 Å². The van der Waals surface area contributed by atoms with Crippen molar-refractivity contribution in [1.29, 1.82) is 0 Å². The van der Waals surface area contributed by atoms with Gasteiger partial charge in [0.2, 0.25) is 10.6 Å². The lowest BCUT2D eigenvalue weighted by molar-refractivity contribution is 0.339. The predicted octanol–water partition coefficient (Wildman–Crippen LogP) is 11.2. The summed E-state index contributed by atoms with van der Waals surface area (Å²) < 4.78 is 0. The highest BCUT2D eigenvalue weighted by Crippen LogP contribution is 2.49. The van der Waals surface area contributed by atoms with Crippen LogP contribution in [0.4, 0.5) is 0 Å². The maximum absolute atomic E-state index is 6.02. The summed E-state index contributed by atoms with van der Waals surface area (Å²) in [6, 6.07) is 43.4. The quantitative estimate of drug-likeness (QED) is 0.140. The Bertz CT molecular complexity index is 1680. The molecular weight excluding hydrogens is 630 g/mol. The molecule has 1 aliphatic rings. The lowest BCUT2D eigenvalue weighted by atomic mass is 9.68. The monoisotopic (exact) mass is 656 g/mol. The molecule has 0 amide bonds. The third-order valence-electron chi connectivity index (χ3n) is 7.26. The zero-order valence-electron chi connectivity index (χ0n) is 23.6. The Morgan fingerprint density at radius 2 is 0.932 bits per heavy atom. The van der Waals surface area contributed by atoms with Crippen molar-refractivity contribution in [2.24, 2.45) is 0 Å². The number of hydrogen-bond acceptors (Lipinski definition) is 4. The molecule has 0 aliphatic heterocycles. The van der Waals surface area contributed by atoms with Crippen LogP contribution in [0.2, 0.25) is 20.9 Å². The van der Waals surface area contributed by atoms with Gasteiger partial charge in [-0.25, -0.2) is 19.9 Å². The average molecular weight is 658 g/mol. The first kappa shape index (κ1) is 31.6. The number of aromatic nitrogens is 4. The van der Waals surface area contributed by atoms with Crippen molar-refractivity contribution in [2.75, 3.05) is 0 Å². The summed E-state index contributed by atoms with van der Waals surface area (Å²) in [5, 5.41) is 1.18. The van der Waals surface area contributed by atoms with E-state index in [2.05, 4.69) is 117 Å². The van der Waals surface area contributed by atoms with E-state index in [1.807, 2.05) is 24.3 Å². The lowest BCUT2D eigenvalue weighted by Gasteiger charge is -2.36. The first-order valence-corrected chi connectivity index (χ1v) is 15.6. The minimum Gasteiger partial charge on any atom is -0.226 e. The molecule has 8 heteroatoms. The molecule has 4 nitrogen and oxygen atoms in total. The second kappa shape index (κ2) is 15.8. The molecule has 0 bridgehead atoms. The highest BCUT2D eigenvalue weighted by molar-refractivity contribution is 6.32. The molecule has 2 heterocycles. The van der Waals surface area contributed by atoms with Crippen LogP contribution in [0, 0.1) is 0 Å². The zero-order valence-corrected chi connectivity index (χ0v) is 26.6. The molecule has 44 heavy (non-hydrogen) atoms. The fourth-order valence-corrected chi connectivity index (χ4v) is 5.73. The van der Waals surface area contributed by atoms with E-state index in [-0.39, 0.29) is 10.6 Å². The predicted molar refractivity (Wildman–Crippen MR) is 183 cm³/mol. The van der Waals surface area contributed by atoms with Gasteiger partial charge < -0.3 is 0 Å². The number of halogens is 4. The van der Waals surface area contributed by atoms with Gasteiger partial charge in [-0.3, -0.25) is 0 Å². The maximum Gasteiger partial charge on any atom is 0.224 e. The molecule has 0 N–H and O–H groups in total. The summed E-state index contributed by atoms with van der Waals surface area (Å²) in [5.74, 6) is 0.836. The summed E-state index contributed by atoms with van der Waals surface area (Å²) in [6.45, 7) is 0. The number of rotatable bonds is 4. The van der Waals surface area contributed by atoms with Crippen LogP contribution >= 0.6 is 46.4 Å². The van der Waals surface area contributed by atoms with Crippen LogP contribution in [-0.2, 0) is 0 Å². The highest BCUT2D eigenvalue weighted by atomic mass is 35.5. The van der Waals surface area contributed by atoms with E-state index in [9.17, 15) is 0 Å². The van der Waals surface area contributed by atoms with Gasteiger partial charge in [-0.05, 0) is 81.9 Å². The first-order chi connectivity index (χ1) is 21.5. The number of nitrogens with zero attached hydrogens (tertiary/aromatic N) is 4. The van der Waals surface area contributed by atoms with Gasteiger partial charge in [0.15, 0.2) is 0 Å². The molecule has 0 radical (unpaired) electrons. The largest absolute Gasteiger partial charge is 0.226 e. The molecule has 2 atom stereocenters. The molecule has 1 unspecified atom stereocenters. The van der Waals surface area contributed by atoms with E-state index >= 15 is 0 Å². The van der Waals surface area contributed by atoms with Crippen LogP contribution in [0.25, 0.3) is 22.3 Å². The van der Waals surface area contributed by atoms with Crippen molar-refractivity contribution in [3.63, 3.8) is 0 Å². The first-order valence-electron chi connectivity index (χ1n) is 14.1. The summed E-state index contributed by atoms with van der Waals surface area (Å²) >= 11 is 22.7. The van der Waals surface area contributed by atoms with Crippen molar-refractivity contribution in [2.45, 2.75) is 24.7 Å². The summed E-state index contributed by atoms with van der Waals surface area (Å²) in [6.07, 6.45) is 3.76. The average Bonchev–Trinajstić information content (AvgIpc) is 3.02. The van der Waals surface area contributed by atoms with Crippen LogP contribution < -0.4 is 0 Å². The minimum absolute atomic E-state index is 0.178. The highest BCUT2D eigenvalue weighted by Gasteiger charge is 2.34. The van der Waals surface area contributed by atoms with Crippen molar-refractivity contribution >= 4 is 46.4 Å². The van der Waals surface area contributed by atoms with Gasteiger partial charge in [0.25, 0.3) is 0 Å². The SMILES string of the molecule is Clc1cc([C@H]2CCC2c2ccc(-c3ccccc3)cc2)nc(Cl)n1.Clc1ccnc(Cl)n1.c1ccc(-c2ccccc2)cc1. The van der Waals surface area contributed by atoms with Gasteiger partial charge in [-0.15, -0.1) is 0 Å². The van der Waals surface area contributed by atoms with E-state index in [1.165, 1.54) is 34.0 Å². The molecule has 1 fully saturated rings. The maximum atomic E-state index is 6.02. The van der Waals surface area contributed by atoms with E-state index in [1.54, 1.807) is 6.07 Å². The normalized spacial score (nSPS) is 15.1. The van der Waals surface area contributed by atoms with Crippen molar-refractivity contribution in [3.8, 4) is 22.3 Å². The van der Waals surface area contributed by atoms with E-state index in [0.717, 1.165) is 18.5 Å². The zero-order chi connectivity index (χ0) is 30.7. The van der Waals surface area contributed by atoms with Crippen LogP contribution in [-0.4, -0.2) is 19.9 Å². The fraction of sp³-hybridized carbons (Fsp3) is 0.111. The van der Waals surface area contributed by atoms with Gasteiger partial charge in [-0.2, -0.15) is 0 Å². The Morgan fingerprint density at radius 3 is 1.34 bits per heavy atom. The topological polar surface area (TPSA) is 51.6 Å². The van der Waals surface area contributed by atoms with Crippen molar-refractivity contribution < 1.29 is 0 Å². The molecule has 4 aromatic carbocycles. The second-order valence-electron chi connectivity index (χ2n) is 10.0. The van der Waals surface area contributed by atoms with E-state index in [0.29, 0.717) is 22.1 Å². The Kier molecular flexibility index (Phi) is 11.3. The third-order valence-corrected chi connectivity index (χ3v) is 8.02. The molecular formula is C36H28Cl4N4. The standard InChI is InChI=1S/C20H16Cl2N2.C12H10.C4H2Cl2N2/c21-19-12-18(23-20(22)24-19)17-11-10-16(17)15-8-6-14(7-9-15)13-4-2-1-3-5-13;1-3-7-11(8-4-1)12-9-5-2-6-10-12;5-3-1-2-7-4(6)8-3/h1-9,12,16-17H,10-11H2;1-10H;1-2H/t16?,17-;;/m0../s1. The van der Waals surface area contributed by atoms with Crippen LogP contribution in [0.1, 0.15) is 35.9 Å². The third kappa shape index (κ3) is 8.87. The number of hydrogen-bond donors (Lipinski definition) is 0. The van der Waals surface area contributed by atoms with Gasteiger partial charge in [0.1, 0.15) is 10.3 Å². The Hall–Kier alpha value is -3.80. The van der Waals surface area contributed by atoms with Gasteiger partial charge in [-0.1, -0.05) is 138 Å². The molecule has 0 saturated heterocycles. The number of benzene rings is 4. The van der Waals surface area contributed by atoms with E-state index in [4.69, 9.17) is 46.4 Å². The molecule has 220 valence electrons. The van der Waals surface area contributed by atoms with Crippen molar-refractivity contribution in [1.82, 2.24) is 19.9 Å². The van der Waals surface area contributed by atoms with Gasteiger partial charge in [0.05, 0.1) is 5.69 Å². The lowest BCUT2D eigenvalue weighted by Crippen LogP contribution is -2.23. The van der Waals surface area contributed by atoms with Gasteiger partial charge >= 0.3 is 0 Å². The summed E-state index contributed by atoms with van der Waals surface area (Å²) in [5.41, 5.74) is 7.32. The van der Waals surface area contributed by atoms with Crippen molar-refractivity contribution in [3.05, 3.63) is 166 Å². The molecule has 7 rings (SSSR count). The smallest absolute Gasteiger partial charge is 0.224 e. The molecule has 2 aromatic heterocycles. The molecule has 1 saturated carbocycles. The fourth-order valence-electron chi connectivity index (χ4n) is 4.98.